The third kappa shape index (κ3) is 4.06. The molecule has 0 aliphatic heterocycles. The van der Waals surface area contributed by atoms with Crippen LogP contribution in [0.5, 0.6) is 5.75 Å². The Morgan fingerprint density at radius 3 is 2.29 bits per heavy atom. The summed E-state index contributed by atoms with van der Waals surface area (Å²) in [5, 5.41) is 9.21. The van der Waals surface area contributed by atoms with Crippen molar-refractivity contribution in [2.75, 3.05) is 0 Å². The van der Waals surface area contributed by atoms with Crippen molar-refractivity contribution in [3.05, 3.63) is 71.3 Å². The molecule has 2 aromatic carbocycles. The first kappa shape index (κ1) is 15.0. The molecule has 0 saturated carbocycles. The topological polar surface area (TPSA) is 37.3 Å². The Labute approximate surface area is 125 Å². The van der Waals surface area contributed by atoms with Gasteiger partial charge in [0, 0.05) is 5.56 Å². The summed E-state index contributed by atoms with van der Waals surface area (Å²) in [5.74, 6) is 0.722. The smallest absolute Gasteiger partial charge is 0.185 e. The molecule has 0 radical (unpaired) electrons. The largest absolute Gasteiger partial charge is 0.508 e. The van der Waals surface area contributed by atoms with Gasteiger partial charge in [-0.15, -0.1) is 0 Å². The predicted molar refractivity (Wildman–Crippen MR) is 86.6 cm³/mol. The summed E-state index contributed by atoms with van der Waals surface area (Å²) in [6, 6.07) is 14.5. The van der Waals surface area contributed by atoms with Gasteiger partial charge in [-0.25, -0.2) is 0 Å². The maximum absolute atomic E-state index is 12.1. The molecule has 0 aliphatic rings. The van der Waals surface area contributed by atoms with E-state index in [1.54, 1.807) is 36.4 Å². The van der Waals surface area contributed by atoms with Crippen molar-refractivity contribution in [2.24, 2.45) is 0 Å². The molecule has 0 heterocycles. The first-order valence-electron chi connectivity index (χ1n) is 7.21. The van der Waals surface area contributed by atoms with Crippen molar-refractivity contribution in [1.82, 2.24) is 0 Å². The van der Waals surface area contributed by atoms with Gasteiger partial charge >= 0.3 is 0 Å². The lowest BCUT2D eigenvalue weighted by atomic mass is 9.97. The molecule has 2 nitrogen and oxygen atoms in total. The summed E-state index contributed by atoms with van der Waals surface area (Å²) >= 11 is 0. The van der Waals surface area contributed by atoms with E-state index < -0.39 is 0 Å². The fourth-order valence-electron chi connectivity index (χ4n) is 2.07. The van der Waals surface area contributed by atoms with Crippen molar-refractivity contribution in [3.8, 4) is 5.75 Å². The van der Waals surface area contributed by atoms with Gasteiger partial charge in [-0.1, -0.05) is 56.3 Å². The van der Waals surface area contributed by atoms with Crippen molar-refractivity contribution in [3.63, 3.8) is 0 Å². The number of phenolic OH excluding ortho intramolecular Hbond substituents is 1. The van der Waals surface area contributed by atoms with Gasteiger partial charge in [0.05, 0.1) is 0 Å². The standard InChI is InChI=1S/C19H20O2/c1-3-14(2)16-7-9-17(10-8-16)19(21)13-6-15-4-11-18(20)12-5-15/h4-14,20H,3H2,1-2H3/b13-6+. The van der Waals surface area contributed by atoms with E-state index >= 15 is 0 Å². The fraction of sp³-hybridized carbons (Fsp3) is 0.211. The first-order chi connectivity index (χ1) is 10.1. The lowest BCUT2D eigenvalue weighted by molar-refractivity contribution is 0.104. The highest BCUT2D eigenvalue weighted by Gasteiger charge is 2.05. The summed E-state index contributed by atoms with van der Waals surface area (Å²) in [6.07, 6.45) is 4.41. The third-order valence-electron chi connectivity index (χ3n) is 3.70. The Morgan fingerprint density at radius 2 is 1.71 bits per heavy atom. The van der Waals surface area contributed by atoms with Gasteiger partial charge in [-0.05, 0) is 41.7 Å². The van der Waals surface area contributed by atoms with E-state index in [-0.39, 0.29) is 11.5 Å². The summed E-state index contributed by atoms with van der Waals surface area (Å²) in [6.45, 7) is 4.34. The van der Waals surface area contributed by atoms with Gasteiger partial charge in [-0.2, -0.15) is 0 Å². The first-order valence-corrected chi connectivity index (χ1v) is 7.21. The molecule has 2 aromatic rings. The van der Waals surface area contributed by atoms with Crippen LogP contribution >= 0.6 is 0 Å². The number of carbonyl (C=O) groups is 1. The second kappa shape index (κ2) is 6.89. The quantitative estimate of drug-likeness (QED) is 0.631. The number of hydrogen-bond acceptors (Lipinski definition) is 2. The zero-order valence-electron chi connectivity index (χ0n) is 12.4. The summed E-state index contributed by atoms with van der Waals surface area (Å²) in [5.41, 5.74) is 2.84. The van der Waals surface area contributed by atoms with Gasteiger partial charge in [0.15, 0.2) is 5.78 Å². The fourth-order valence-corrected chi connectivity index (χ4v) is 2.07. The Bertz CT molecular complexity index is 622. The molecule has 1 N–H and O–H groups in total. The monoisotopic (exact) mass is 280 g/mol. The molecular weight excluding hydrogens is 260 g/mol. The van der Waals surface area contributed by atoms with E-state index in [1.807, 2.05) is 24.3 Å². The van der Waals surface area contributed by atoms with Crippen LogP contribution < -0.4 is 0 Å². The summed E-state index contributed by atoms with van der Waals surface area (Å²) in [7, 11) is 0. The highest BCUT2D eigenvalue weighted by atomic mass is 16.3. The van der Waals surface area contributed by atoms with Crippen LogP contribution in [-0.4, -0.2) is 10.9 Å². The molecule has 0 aliphatic carbocycles. The normalized spacial score (nSPS) is 12.5. The molecular formula is C19H20O2. The molecule has 0 bridgehead atoms. The minimum absolute atomic E-state index is 0.0150. The van der Waals surface area contributed by atoms with Gasteiger partial charge in [-0.3, -0.25) is 4.79 Å². The van der Waals surface area contributed by atoms with Crippen LogP contribution in [0.25, 0.3) is 6.08 Å². The lowest BCUT2D eigenvalue weighted by Crippen LogP contribution is -1.96. The van der Waals surface area contributed by atoms with E-state index in [9.17, 15) is 9.90 Å². The highest BCUT2D eigenvalue weighted by Crippen LogP contribution is 2.19. The van der Waals surface area contributed by atoms with Crippen LogP contribution in [0.1, 0.15) is 47.7 Å². The molecule has 108 valence electrons. The number of ketones is 1. The molecule has 1 unspecified atom stereocenters. The van der Waals surface area contributed by atoms with Gasteiger partial charge in [0.2, 0.25) is 0 Å². The molecule has 2 heteroatoms. The highest BCUT2D eigenvalue weighted by molar-refractivity contribution is 6.06. The molecule has 0 aromatic heterocycles. The minimum Gasteiger partial charge on any atom is -0.508 e. The molecule has 21 heavy (non-hydrogen) atoms. The van der Waals surface area contributed by atoms with Gasteiger partial charge in [0.1, 0.15) is 5.75 Å². The second-order valence-corrected chi connectivity index (χ2v) is 5.22. The molecule has 2 rings (SSSR count). The Hall–Kier alpha value is -2.35. The van der Waals surface area contributed by atoms with Gasteiger partial charge in [0.25, 0.3) is 0 Å². The molecule has 1 atom stereocenters. The molecule has 0 amide bonds. The van der Waals surface area contributed by atoms with Crippen LogP contribution in [-0.2, 0) is 0 Å². The van der Waals surface area contributed by atoms with Crippen molar-refractivity contribution in [2.45, 2.75) is 26.2 Å². The number of aromatic hydroxyl groups is 1. The Kier molecular flexibility index (Phi) is 4.94. The number of carbonyl (C=O) groups excluding carboxylic acids is 1. The van der Waals surface area contributed by atoms with Crippen LogP contribution in [0, 0.1) is 0 Å². The molecule has 0 spiro atoms. The number of allylic oxidation sites excluding steroid dienone is 1. The van der Waals surface area contributed by atoms with Crippen molar-refractivity contribution in [1.29, 1.82) is 0 Å². The second-order valence-electron chi connectivity index (χ2n) is 5.22. The number of phenols is 1. The van der Waals surface area contributed by atoms with E-state index in [1.165, 1.54) is 5.56 Å². The maximum atomic E-state index is 12.1. The summed E-state index contributed by atoms with van der Waals surface area (Å²) in [4.78, 5) is 12.1. The van der Waals surface area contributed by atoms with Crippen LogP contribution in [0.3, 0.4) is 0 Å². The number of benzene rings is 2. The van der Waals surface area contributed by atoms with Crippen molar-refractivity contribution < 1.29 is 9.90 Å². The Morgan fingerprint density at radius 1 is 1.10 bits per heavy atom. The molecule has 0 saturated heterocycles. The average Bonchev–Trinajstić information content (AvgIpc) is 2.53. The van der Waals surface area contributed by atoms with Crippen LogP contribution in [0.4, 0.5) is 0 Å². The average molecular weight is 280 g/mol. The minimum atomic E-state index is -0.0150. The number of rotatable bonds is 5. The zero-order chi connectivity index (χ0) is 15.2. The van der Waals surface area contributed by atoms with Crippen molar-refractivity contribution >= 4 is 11.9 Å². The van der Waals surface area contributed by atoms with E-state index in [2.05, 4.69) is 13.8 Å². The Balaban J connectivity index is 2.08. The summed E-state index contributed by atoms with van der Waals surface area (Å²) < 4.78 is 0. The van der Waals surface area contributed by atoms with E-state index in [0.717, 1.165) is 12.0 Å². The maximum Gasteiger partial charge on any atom is 0.185 e. The lowest BCUT2D eigenvalue weighted by Gasteiger charge is -2.08. The van der Waals surface area contributed by atoms with Crippen LogP contribution in [0.2, 0.25) is 0 Å². The SMILES string of the molecule is CCC(C)c1ccc(C(=O)/C=C/c2ccc(O)cc2)cc1. The predicted octanol–water partition coefficient (Wildman–Crippen LogP) is 4.80. The van der Waals surface area contributed by atoms with Gasteiger partial charge < -0.3 is 5.11 Å². The zero-order valence-corrected chi connectivity index (χ0v) is 12.4. The van der Waals surface area contributed by atoms with E-state index in [0.29, 0.717) is 11.5 Å². The third-order valence-corrected chi connectivity index (χ3v) is 3.70. The number of hydrogen-bond donors (Lipinski definition) is 1. The van der Waals surface area contributed by atoms with E-state index in [4.69, 9.17) is 0 Å². The van der Waals surface area contributed by atoms with Crippen LogP contribution in [0.15, 0.2) is 54.6 Å². The molecule has 0 fully saturated rings.